The summed E-state index contributed by atoms with van der Waals surface area (Å²) in [5.74, 6) is 0.00937. The number of anilines is 1. The number of aryl methyl sites for hydroxylation is 1. The lowest BCUT2D eigenvalue weighted by molar-refractivity contribution is 0.600. The third-order valence-electron chi connectivity index (χ3n) is 4.14. The molecular weight excluding hydrogens is 419 g/mol. The lowest BCUT2D eigenvalue weighted by Gasteiger charge is -2.06. The van der Waals surface area contributed by atoms with Crippen LogP contribution >= 0.6 is 23.2 Å². The number of rotatable bonds is 8. The van der Waals surface area contributed by atoms with Crippen LogP contribution in [0.4, 0.5) is 5.95 Å². The van der Waals surface area contributed by atoms with Gasteiger partial charge in [0.2, 0.25) is 0 Å². The number of nitrogens with one attached hydrogen (secondary N) is 1. The van der Waals surface area contributed by atoms with E-state index in [-0.39, 0.29) is 10.8 Å². The number of unbranched alkanes of at least 4 members (excludes halogenated alkanes) is 1. The van der Waals surface area contributed by atoms with Gasteiger partial charge in [-0.1, -0.05) is 54.7 Å². The number of nitrogens with zero attached hydrogens (tertiary/aromatic N) is 3. The van der Waals surface area contributed by atoms with Crippen LogP contribution in [0.3, 0.4) is 0 Å². The average Bonchev–Trinajstić information content (AvgIpc) is 3.09. The Bertz CT molecular complexity index is 1050. The number of hydrogen-bond acceptors (Lipinski definition) is 4. The molecule has 0 aliphatic heterocycles. The topological polar surface area (TPSA) is 76.9 Å². The second-order valence-corrected chi connectivity index (χ2v) is 8.86. The van der Waals surface area contributed by atoms with E-state index in [1.54, 1.807) is 24.3 Å². The largest absolute Gasteiger partial charge is 0.264 e. The first-order valence-corrected chi connectivity index (χ1v) is 11.1. The molecular formula is C19H20Cl2N4O2S. The summed E-state index contributed by atoms with van der Waals surface area (Å²) in [4.78, 5) is 4.20. The van der Waals surface area contributed by atoms with Crippen molar-refractivity contribution in [3.63, 3.8) is 0 Å². The maximum absolute atomic E-state index is 12.5. The van der Waals surface area contributed by atoms with Gasteiger partial charge in [0.25, 0.3) is 16.0 Å². The van der Waals surface area contributed by atoms with Crippen LogP contribution < -0.4 is 4.72 Å². The van der Waals surface area contributed by atoms with E-state index in [1.807, 2.05) is 18.2 Å². The predicted molar refractivity (Wildman–Crippen MR) is 111 cm³/mol. The second kappa shape index (κ2) is 8.94. The van der Waals surface area contributed by atoms with Gasteiger partial charge < -0.3 is 0 Å². The standard InChI is InChI=1S/C19H20Cl2N4O2S/c1-2-3-4-14-5-8-16(9-6-14)28(26,27)24-19-22-13-25(23-19)12-15-7-10-17(20)18(21)11-15/h5-11,13H,2-4,12H2,1H3,(H,23,24). The maximum atomic E-state index is 12.5. The van der Waals surface area contributed by atoms with Gasteiger partial charge in [-0.25, -0.2) is 17.8 Å². The van der Waals surface area contributed by atoms with Crippen molar-refractivity contribution < 1.29 is 8.42 Å². The van der Waals surface area contributed by atoms with E-state index in [9.17, 15) is 8.42 Å². The molecule has 1 aromatic heterocycles. The molecule has 0 saturated heterocycles. The zero-order chi connectivity index (χ0) is 20.1. The van der Waals surface area contributed by atoms with E-state index in [0.29, 0.717) is 16.6 Å². The van der Waals surface area contributed by atoms with E-state index in [0.717, 1.165) is 30.4 Å². The Labute approximate surface area is 174 Å². The summed E-state index contributed by atoms with van der Waals surface area (Å²) < 4.78 is 29.0. The number of sulfonamides is 1. The third kappa shape index (κ3) is 5.25. The SMILES string of the molecule is CCCCc1ccc(S(=O)(=O)Nc2ncn(Cc3ccc(Cl)c(Cl)c3)n2)cc1. The van der Waals surface area contributed by atoms with Gasteiger partial charge in [0.1, 0.15) is 6.33 Å². The Morgan fingerprint density at radius 2 is 1.75 bits per heavy atom. The van der Waals surface area contributed by atoms with Crippen molar-refractivity contribution in [2.45, 2.75) is 37.6 Å². The summed E-state index contributed by atoms with van der Waals surface area (Å²) in [5.41, 5.74) is 1.99. The van der Waals surface area contributed by atoms with Crippen molar-refractivity contribution in [2.24, 2.45) is 0 Å². The van der Waals surface area contributed by atoms with Crippen LogP contribution in [-0.4, -0.2) is 23.2 Å². The molecule has 0 spiro atoms. The van der Waals surface area contributed by atoms with Crippen LogP contribution in [0.5, 0.6) is 0 Å². The Hall–Kier alpha value is -2.09. The number of benzene rings is 2. The number of aromatic nitrogens is 3. The molecule has 3 rings (SSSR count). The minimum atomic E-state index is -3.75. The van der Waals surface area contributed by atoms with Gasteiger partial charge in [0, 0.05) is 0 Å². The summed E-state index contributed by atoms with van der Waals surface area (Å²) in [5, 5.41) is 5.08. The van der Waals surface area contributed by atoms with Gasteiger partial charge in [-0.05, 0) is 48.2 Å². The van der Waals surface area contributed by atoms with Crippen LogP contribution in [-0.2, 0) is 23.0 Å². The van der Waals surface area contributed by atoms with Crippen molar-refractivity contribution in [3.8, 4) is 0 Å². The fourth-order valence-corrected chi connectivity index (χ4v) is 3.90. The van der Waals surface area contributed by atoms with Gasteiger partial charge in [0.05, 0.1) is 21.5 Å². The smallest absolute Gasteiger partial charge is 0.246 e. The molecule has 0 radical (unpaired) electrons. The fraction of sp³-hybridized carbons (Fsp3) is 0.263. The highest BCUT2D eigenvalue weighted by molar-refractivity contribution is 7.92. The molecule has 0 amide bonds. The van der Waals surface area contributed by atoms with Gasteiger partial charge in [0.15, 0.2) is 0 Å². The lowest BCUT2D eigenvalue weighted by atomic mass is 10.1. The van der Waals surface area contributed by atoms with E-state index in [1.165, 1.54) is 11.0 Å². The molecule has 6 nitrogen and oxygen atoms in total. The normalized spacial score (nSPS) is 11.5. The van der Waals surface area contributed by atoms with E-state index >= 15 is 0 Å². The Balaban J connectivity index is 1.68. The number of hydrogen-bond donors (Lipinski definition) is 1. The van der Waals surface area contributed by atoms with Crippen molar-refractivity contribution in [1.82, 2.24) is 14.8 Å². The molecule has 0 atom stereocenters. The van der Waals surface area contributed by atoms with E-state index in [4.69, 9.17) is 23.2 Å². The van der Waals surface area contributed by atoms with Gasteiger partial charge in [-0.15, -0.1) is 5.10 Å². The first-order chi connectivity index (χ1) is 13.4. The van der Waals surface area contributed by atoms with E-state index < -0.39 is 10.0 Å². The minimum absolute atomic E-state index is 0.00937. The van der Waals surface area contributed by atoms with Gasteiger partial charge in [-0.2, -0.15) is 4.98 Å². The van der Waals surface area contributed by atoms with Crippen molar-refractivity contribution >= 4 is 39.2 Å². The molecule has 0 aliphatic carbocycles. The molecule has 0 saturated carbocycles. The van der Waals surface area contributed by atoms with Crippen molar-refractivity contribution in [1.29, 1.82) is 0 Å². The van der Waals surface area contributed by atoms with Gasteiger partial charge >= 0.3 is 0 Å². The van der Waals surface area contributed by atoms with Crippen LogP contribution in [0.25, 0.3) is 0 Å². The molecule has 0 bridgehead atoms. The summed E-state index contributed by atoms with van der Waals surface area (Å²) in [6.45, 7) is 2.51. The highest BCUT2D eigenvalue weighted by atomic mass is 35.5. The molecule has 2 aromatic carbocycles. The van der Waals surface area contributed by atoms with Crippen molar-refractivity contribution in [3.05, 3.63) is 70.0 Å². The average molecular weight is 439 g/mol. The van der Waals surface area contributed by atoms with Crippen LogP contribution in [0, 0.1) is 0 Å². The number of halogens is 2. The Morgan fingerprint density at radius 1 is 1.04 bits per heavy atom. The summed E-state index contributed by atoms with van der Waals surface area (Å²) >= 11 is 11.9. The first-order valence-electron chi connectivity index (χ1n) is 8.82. The summed E-state index contributed by atoms with van der Waals surface area (Å²) in [6.07, 6.45) is 4.56. The molecule has 148 valence electrons. The lowest BCUT2D eigenvalue weighted by Crippen LogP contribution is -2.14. The molecule has 9 heteroatoms. The van der Waals surface area contributed by atoms with Gasteiger partial charge in [-0.3, -0.25) is 0 Å². The van der Waals surface area contributed by atoms with E-state index in [2.05, 4.69) is 21.7 Å². The first kappa shape index (κ1) is 20.6. The van der Waals surface area contributed by atoms with Crippen LogP contribution in [0.15, 0.2) is 53.7 Å². The quantitative estimate of drug-likeness (QED) is 0.548. The third-order valence-corrected chi connectivity index (χ3v) is 6.23. The Kier molecular flexibility index (Phi) is 6.59. The molecule has 3 aromatic rings. The molecule has 0 fully saturated rings. The highest BCUT2D eigenvalue weighted by Gasteiger charge is 2.16. The van der Waals surface area contributed by atoms with Crippen molar-refractivity contribution in [2.75, 3.05) is 4.72 Å². The zero-order valence-electron chi connectivity index (χ0n) is 15.3. The predicted octanol–water partition coefficient (Wildman–Crippen LogP) is 4.78. The molecule has 0 aliphatic rings. The minimum Gasteiger partial charge on any atom is -0.246 e. The highest BCUT2D eigenvalue weighted by Crippen LogP contribution is 2.23. The molecule has 28 heavy (non-hydrogen) atoms. The molecule has 1 N–H and O–H groups in total. The molecule has 1 heterocycles. The second-order valence-electron chi connectivity index (χ2n) is 6.37. The Morgan fingerprint density at radius 3 is 2.43 bits per heavy atom. The van der Waals surface area contributed by atoms with Crippen LogP contribution in [0.2, 0.25) is 10.0 Å². The maximum Gasteiger partial charge on any atom is 0.264 e. The summed E-state index contributed by atoms with van der Waals surface area (Å²) in [6, 6.07) is 12.1. The van der Waals surface area contributed by atoms with Crippen LogP contribution in [0.1, 0.15) is 30.9 Å². The zero-order valence-corrected chi connectivity index (χ0v) is 17.6. The summed E-state index contributed by atoms with van der Waals surface area (Å²) in [7, 11) is -3.75. The molecule has 0 unspecified atom stereocenters. The monoisotopic (exact) mass is 438 g/mol. The fourth-order valence-electron chi connectivity index (χ4n) is 2.64.